The molecule has 1 aliphatic rings. The van der Waals surface area contributed by atoms with Crippen molar-refractivity contribution in [2.24, 2.45) is 0 Å². The molecule has 0 bridgehead atoms. The number of benzene rings is 1. The molecule has 0 aromatic heterocycles. The van der Waals surface area contributed by atoms with Gasteiger partial charge in [-0.2, -0.15) is 0 Å². The average Bonchev–Trinajstić information content (AvgIpc) is 2.81. The van der Waals surface area contributed by atoms with Crippen LogP contribution >= 0.6 is 11.6 Å². The largest absolute Gasteiger partial charge is 0.320 e. The van der Waals surface area contributed by atoms with Crippen LogP contribution in [-0.2, 0) is 4.79 Å². The van der Waals surface area contributed by atoms with E-state index < -0.39 is 0 Å². The van der Waals surface area contributed by atoms with Crippen molar-refractivity contribution >= 4 is 17.5 Å². The van der Waals surface area contributed by atoms with E-state index in [4.69, 9.17) is 11.6 Å². The van der Waals surface area contributed by atoms with E-state index in [0.29, 0.717) is 5.02 Å². The fraction of sp³-hybridized carbons (Fsp3) is 0.562. The van der Waals surface area contributed by atoms with Gasteiger partial charge in [0.25, 0.3) is 0 Å². The van der Waals surface area contributed by atoms with E-state index in [1.54, 1.807) is 0 Å². The van der Waals surface area contributed by atoms with E-state index in [1.807, 2.05) is 36.1 Å². The van der Waals surface area contributed by atoms with Crippen molar-refractivity contribution in [2.75, 3.05) is 26.7 Å². The number of carbonyl (C=O) groups is 1. The zero-order chi connectivity index (χ0) is 15.4. The lowest BCUT2D eigenvalue weighted by atomic mass is 10.1. The van der Waals surface area contributed by atoms with Gasteiger partial charge in [0.15, 0.2) is 0 Å². The first-order valence-electron chi connectivity index (χ1n) is 7.57. The van der Waals surface area contributed by atoms with Crippen LogP contribution in [0, 0.1) is 0 Å². The third-order valence-electron chi connectivity index (χ3n) is 4.11. The van der Waals surface area contributed by atoms with Gasteiger partial charge in [-0.15, -0.1) is 0 Å². The van der Waals surface area contributed by atoms with Gasteiger partial charge in [0.05, 0.1) is 6.04 Å². The molecule has 0 saturated carbocycles. The highest BCUT2D eigenvalue weighted by Crippen LogP contribution is 2.27. The quantitative estimate of drug-likeness (QED) is 0.877. The van der Waals surface area contributed by atoms with E-state index in [9.17, 15) is 4.79 Å². The summed E-state index contributed by atoms with van der Waals surface area (Å²) in [6, 6.07) is 7.64. The van der Waals surface area contributed by atoms with Gasteiger partial charge >= 0.3 is 0 Å². The average molecular weight is 310 g/mol. The number of hydrogen-bond acceptors (Lipinski definition) is 3. The van der Waals surface area contributed by atoms with Gasteiger partial charge in [0, 0.05) is 18.1 Å². The van der Waals surface area contributed by atoms with Crippen LogP contribution in [0.2, 0.25) is 5.02 Å². The molecule has 4 nitrogen and oxygen atoms in total. The van der Waals surface area contributed by atoms with E-state index in [0.717, 1.165) is 31.6 Å². The van der Waals surface area contributed by atoms with Gasteiger partial charge in [-0.25, -0.2) is 0 Å². The first-order chi connectivity index (χ1) is 10.1. The van der Waals surface area contributed by atoms with Crippen LogP contribution in [0.15, 0.2) is 24.3 Å². The molecule has 1 saturated heterocycles. The summed E-state index contributed by atoms with van der Waals surface area (Å²) in [5, 5.41) is 4.15. The summed E-state index contributed by atoms with van der Waals surface area (Å²) < 4.78 is 0. The summed E-state index contributed by atoms with van der Waals surface area (Å²) in [6.45, 7) is 6.76. The Kier molecular flexibility index (Phi) is 5.62. The standard InChI is InChI=1S/C16H24ClN3O/c1-4-14-16(21)20(11-10-19(3)5-2)15(18-14)12-6-8-13(17)9-7-12/h6-9,14-15,18H,4-5,10-11H2,1-3H3. The first-order valence-corrected chi connectivity index (χ1v) is 7.95. The molecule has 1 aliphatic heterocycles. The third kappa shape index (κ3) is 3.76. The summed E-state index contributed by atoms with van der Waals surface area (Å²) in [5.74, 6) is 0.196. The lowest BCUT2D eigenvalue weighted by Crippen LogP contribution is -2.37. The van der Waals surface area contributed by atoms with Gasteiger partial charge in [-0.3, -0.25) is 10.1 Å². The van der Waals surface area contributed by atoms with Crippen LogP contribution in [0.5, 0.6) is 0 Å². The molecule has 1 aromatic rings. The van der Waals surface area contributed by atoms with Crippen molar-refractivity contribution in [1.29, 1.82) is 0 Å². The third-order valence-corrected chi connectivity index (χ3v) is 4.36. The summed E-state index contributed by atoms with van der Waals surface area (Å²) in [7, 11) is 2.07. The Morgan fingerprint density at radius 3 is 2.52 bits per heavy atom. The number of hydrogen-bond donors (Lipinski definition) is 1. The molecule has 1 fully saturated rings. The highest BCUT2D eigenvalue weighted by Gasteiger charge is 2.38. The van der Waals surface area contributed by atoms with Crippen LogP contribution in [0.3, 0.4) is 0 Å². The number of rotatable bonds is 6. The molecule has 116 valence electrons. The van der Waals surface area contributed by atoms with Crippen molar-refractivity contribution < 1.29 is 4.79 Å². The fourth-order valence-corrected chi connectivity index (χ4v) is 2.69. The molecular weight excluding hydrogens is 286 g/mol. The Labute approximate surface area is 132 Å². The molecular formula is C16H24ClN3O. The summed E-state index contributed by atoms with van der Waals surface area (Å²) in [5.41, 5.74) is 1.09. The van der Waals surface area contributed by atoms with Crippen LogP contribution in [0.1, 0.15) is 32.0 Å². The normalized spacial score (nSPS) is 22.3. The monoisotopic (exact) mass is 309 g/mol. The van der Waals surface area contributed by atoms with Crippen LogP contribution in [0.25, 0.3) is 0 Å². The van der Waals surface area contributed by atoms with E-state index >= 15 is 0 Å². The molecule has 2 rings (SSSR count). The van der Waals surface area contributed by atoms with Crippen molar-refractivity contribution in [1.82, 2.24) is 15.1 Å². The second kappa shape index (κ2) is 7.25. The minimum atomic E-state index is -0.0855. The lowest BCUT2D eigenvalue weighted by molar-refractivity contribution is -0.130. The van der Waals surface area contributed by atoms with Crippen molar-refractivity contribution in [3.05, 3.63) is 34.9 Å². The number of amides is 1. The highest BCUT2D eigenvalue weighted by atomic mass is 35.5. The number of nitrogens with one attached hydrogen (secondary N) is 1. The second-order valence-electron chi connectivity index (χ2n) is 5.51. The second-order valence-corrected chi connectivity index (χ2v) is 5.95. The topological polar surface area (TPSA) is 35.6 Å². The number of halogens is 1. The fourth-order valence-electron chi connectivity index (χ4n) is 2.57. The van der Waals surface area contributed by atoms with Crippen LogP contribution in [-0.4, -0.2) is 48.4 Å². The SMILES string of the molecule is CCC1NC(c2ccc(Cl)cc2)N(CCN(C)CC)C1=O. The molecule has 1 heterocycles. The Morgan fingerprint density at radius 2 is 1.95 bits per heavy atom. The van der Waals surface area contributed by atoms with Crippen molar-refractivity contribution in [3.8, 4) is 0 Å². The highest BCUT2D eigenvalue weighted by molar-refractivity contribution is 6.30. The predicted octanol–water partition coefficient (Wildman–Crippen LogP) is 2.50. The maximum absolute atomic E-state index is 12.5. The van der Waals surface area contributed by atoms with Crippen LogP contribution < -0.4 is 5.32 Å². The van der Waals surface area contributed by atoms with Gasteiger partial charge < -0.3 is 9.80 Å². The molecule has 1 amide bonds. The zero-order valence-electron chi connectivity index (χ0n) is 13.0. The molecule has 0 spiro atoms. The van der Waals surface area contributed by atoms with Gasteiger partial charge in [-0.1, -0.05) is 37.6 Å². The zero-order valence-corrected chi connectivity index (χ0v) is 13.7. The first kappa shape index (κ1) is 16.3. The Hall–Kier alpha value is -1.10. The number of carbonyl (C=O) groups excluding carboxylic acids is 1. The van der Waals surface area contributed by atoms with Crippen LogP contribution in [0.4, 0.5) is 0 Å². The molecule has 0 aliphatic carbocycles. The molecule has 2 atom stereocenters. The molecule has 0 radical (unpaired) electrons. The van der Waals surface area contributed by atoms with Gasteiger partial charge in [0.1, 0.15) is 6.17 Å². The Morgan fingerprint density at radius 1 is 1.29 bits per heavy atom. The molecule has 2 unspecified atom stereocenters. The minimum absolute atomic E-state index is 0.0510. The predicted molar refractivity (Wildman–Crippen MR) is 86.3 cm³/mol. The molecule has 21 heavy (non-hydrogen) atoms. The van der Waals surface area contributed by atoms with E-state index in [1.165, 1.54) is 0 Å². The smallest absolute Gasteiger partial charge is 0.241 e. The molecule has 1 N–H and O–H groups in total. The summed E-state index contributed by atoms with van der Waals surface area (Å²) in [4.78, 5) is 16.7. The summed E-state index contributed by atoms with van der Waals surface area (Å²) in [6.07, 6.45) is 0.758. The van der Waals surface area contributed by atoms with Crippen molar-refractivity contribution in [2.45, 2.75) is 32.5 Å². The van der Waals surface area contributed by atoms with Crippen molar-refractivity contribution in [3.63, 3.8) is 0 Å². The minimum Gasteiger partial charge on any atom is -0.320 e. The maximum Gasteiger partial charge on any atom is 0.241 e. The molecule has 1 aromatic carbocycles. The van der Waals surface area contributed by atoms with Gasteiger partial charge in [-0.05, 0) is 37.7 Å². The molecule has 5 heteroatoms. The van der Waals surface area contributed by atoms with Gasteiger partial charge in [0.2, 0.25) is 5.91 Å². The van der Waals surface area contributed by atoms with E-state index in [-0.39, 0.29) is 18.1 Å². The number of nitrogens with zero attached hydrogens (tertiary/aromatic N) is 2. The number of likely N-dealkylation sites (N-methyl/N-ethyl adjacent to an activating group) is 1. The lowest BCUT2D eigenvalue weighted by Gasteiger charge is -2.26. The Bertz CT molecular complexity index is 477. The van der Waals surface area contributed by atoms with E-state index in [2.05, 4.69) is 24.2 Å². The summed E-state index contributed by atoms with van der Waals surface area (Å²) >= 11 is 5.95. The Balaban J connectivity index is 2.15. The maximum atomic E-state index is 12.5.